The summed E-state index contributed by atoms with van der Waals surface area (Å²) in [6.07, 6.45) is -1.86. The van der Waals surface area contributed by atoms with Crippen molar-refractivity contribution in [2.24, 2.45) is 0 Å². The van der Waals surface area contributed by atoms with Crippen LogP contribution in [0.5, 0.6) is 0 Å². The Morgan fingerprint density at radius 2 is 1.18 bits per heavy atom. The highest BCUT2D eigenvalue weighted by molar-refractivity contribution is 5.83. The zero-order valence-electron chi connectivity index (χ0n) is 15.1. The van der Waals surface area contributed by atoms with Crippen molar-refractivity contribution in [2.45, 2.75) is 37.8 Å². The van der Waals surface area contributed by atoms with Crippen LogP contribution in [0.1, 0.15) is 25.7 Å². The molecule has 0 rings (SSSR count). The van der Waals surface area contributed by atoms with E-state index in [1.165, 1.54) is 7.05 Å². The summed E-state index contributed by atoms with van der Waals surface area (Å²) >= 11 is 0. The Morgan fingerprint density at radius 3 is 1.46 bits per heavy atom. The van der Waals surface area contributed by atoms with Crippen LogP contribution in [-0.4, -0.2) is 82.7 Å². The molecule has 0 radical (unpaired) electrons. The Labute approximate surface area is 158 Å². The van der Waals surface area contributed by atoms with Crippen LogP contribution in [0.25, 0.3) is 0 Å². The number of nitrogens with one attached hydrogen (secondary N) is 3. The summed E-state index contributed by atoms with van der Waals surface area (Å²) in [6.45, 7) is 0. The average Bonchev–Trinajstić information content (AvgIpc) is 2.61. The molecular weight excluding hydrogens is 386 g/mol. The molecule has 0 aliphatic heterocycles. The number of carbonyl (C=O) groups is 6. The van der Waals surface area contributed by atoms with Gasteiger partial charge in [-0.3, -0.25) is 9.59 Å². The van der Waals surface area contributed by atoms with Crippen LogP contribution < -0.4 is 16.0 Å². The minimum atomic E-state index is -1.29. The van der Waals surface area contributed by atoms with Crippen LogP contribution >= 0.6 is 0 Å². The minimum Gasteiger partial charge on any atom is -0.481 e. The molecule has 0 saturated heterocycles. The fourth-order valence-electron chi connectivity index (χ4n) is 1.48. The number of carbonyl (C=O) groups excluding carboxylic acids is 2. The monoisotopic (exact) mass is 409 g/mol. The highest BCUT2D eigenvalue weighted by atomic mass is 16.5. The third kappa shape index (κ3) is 14.7. The quantitative estimate of drug-likeness (QED) is 0.229. The lowest BCUT2D eigenvalue weighted by atomic mass is 10.1. The molecule has 0 aromatic carbocycles. The lowest BCUT2D eigenvalue weighted by Gasteiger charge is -2.12. The fraction of sp³-hybridized carbons (Fsp3) is 0.571. The lowest BCUT2D eigenvalue weighted by molar-refractivity contribution is -0.142. The molecule has 14 heteroatoms. The van der Waals surface area contributed by atoms with Gasteiger partial charge in [0.1, 0.15) is 12.1 Å². The molecule has 0 fully saturated rings. The maximum atomic E-state index is 10.7. The summed E-state index contributed by atoms with van der Waals surface area (Å²) in [4.78, 5) is 62.7. The summed E-state index contributed by atoms with van der Waals surface area (Å²) in [5, 5.41) is 40.1. The maximum absolute atomic E-state index is 10.7. The molecule has 0 heterocycles. The number of carboxylic acid groups (broad SMARTS) is 4. The molecule has 3 amide bonds. The van der Waals surface area contributed by atoms with E-state index in [1.807, 2.05) is 5.32 Å². The number of ether oxygens (including phenoxy) is 1. The third-order valence-corrected chi connectivity index (χ3v) is 2.90. The molecule has 0 unspecified atom stereocenters. The van der Waals surface area contributed by atoms with Crippen LogP contribution in [0.2, 0.25) is 0 Å². The fourth-order valence-corrected chi connectivity index (χ4v) is 1.48. The van der Waals surface area contributed by atoms with E-state index in [9.17, 15) is 28.8 Å². The van der Waals surface area contributed by atoms with Gasteiger partial charge in [0.05, 0.1) is 7.11 Å². The molecular formula is C14H23N3O11. The number of carboxylic acids is 4. The maximum Gasteiger partial charge on any atom is 0.407 e. The van der Waals surface area contributed by atoms with Gasteiger partial charge in [0.15, 0.2) is 0 Å². The molecule has 0 aliphatic carbocycles. The van der Waals surface area contributed by atoms with E-state index >= 15 is 0 Å². The molecule has 14 nitrogen and oxygen atoms in total. The molecule has 28 heavy (non-hydrogen) atoms. The molecule has 0 spiro atoms. The van der Waals surface area contributed by atoms with Gasteiger partial charge in [-0.25, -0.2) is 19.2 Å². The standard InChI is InChI=1S/C7H12N2O5.C7H11NO6/c1-8-7(14)9-4(6(12)13)2-3-5(10)11;1-14-7(13)8-4(6(11)12)2-3-5(9)10/h4H,2-3H2,1H3,(H,10,11)(H,12,13)(H2,8,9,14);4H,2-3H2,1H3,(H,8,13)(H,9,10)(H,11,12)/t2*4-/m00/s1. The molecule has 0 bridgehead atoms. The molecule has 160 valence electrons. The van der Waals surface area contributed by atoms with Crippen LogP contribution in [-0.2, 0) is 23.9 Å². The molecule has 0 aromatic rings. The van der Waals surface area contributed by atoms with E-state index in [4.69, 9.17) is 20.4 Å². The number of amides is 3. The third-order valence-electron chi connectivity index (χ3n) is 2.90. The summed E-state index contributed by atoms with van der Waals surface area (Å²) in [6, 6.07) is -3.06. The molecule has 0 aliphatic rings. The summed E-state index contributed by atoms with van der Waals surface area (Å²) < 4.78 is 4.18. The van der Waals surface area contributed by atoms with Crippen molar-refractivity contribution in [2.75, 3.05) is 14.2 Å². The molecule has 7 N–H and O–H groups in total. The summed E-state index contributed by atoms with van der Waals surface area (Å²) in [5.41, 5.74) is 0. The van der Waals surface area contributed by atoms with E-state index in [0.717, 1.165) is 7.11 Å². The Balaban J connectivity index is 0. The van der Waals surface area contributed by atoms with Crippen molar-refractivity contribution in [3.05, 3.63) is 0 Å². The van der Waals surface area contributed by atoms with Crippen LogP contribution in [0.3, 0.4) is 0 Å². The van der Waals surface area contributed by atoms with E-state index in [1.54, 1.807) is 0 Å². The van der Waals surface area contributed by atoms with Gasteiger partial charge < -0.3 is 41.1 Å². The summed E-state index contributed by atoms with van der Waals surface area (Å²) in [7, 11) is 2.43. The number of methoxy groups -OCH3 is 1. The van der Waals surface area contributed by atoms with Crippen molar-refractivity contribution in [1.29, 1.82) is 0 Å². The Hall–Kier alpha value is -3.58. The highest BCUT2D eigenvalue weighted by Gasteiger charge is 2.21. The van der Waals surface area contributed by atoms with Gasteiger partial charge in [0.2, 0.25) is 0 Å². The Morgan fingerprint density at radius 1 is 0.786 bits per heavy atom. The van der Waals surface area contributed by atoms with E-state index in [-0.39, 0.29) is 25.7 Å². The normalized spacial score (nSPS) is 11.5. The largest absolute Gasteiger partial charge is 0.481 e. The number of rotatable bonds is 10. The first-order valence-corrected chi connectivity index (χ1v) is 7.66. The smallest absolute Gasteiger partial charge is 0.407 e. The zero-order chi connectivity index (χ0) is 22.3. The van der Waals surface area contributed by atoms with Crippen molar-refractivity contribution < 1.29 is 53.9 Å². The van der Waals surface area contributed by atoms with E-state index < -0.39 is 48.1 Å². The van der Waals surface area contributed by atoms with Gasteiger partial charge in [-0.15, -0.1) is 0 Å². The van der Waals surface area contributed by atoms with E-state index in [2.05, 4.69) is 15.4 Å². The number of aliphatic carboxylic acids is 4. The zero-order valence-corrected chi connectivity index (χ0v) is 15.1. The number of alkyl carbamates (subject to hydrolysis) is 1. The first kappa shape index (κ1) is 26.6. The van der Waals surface area contributed by atoms with Gasteiger partial charge in [0, 0.05) is 19.9 Å². The molecule has 0 saturated carbocycles. The first-order valence-electron chi connectivity index (χ1n) is 7.66. The predicted octanol–water partition coefficient (Wildman–Crippen LogP) is -1.11. The van der Waals surface area contributed by atoms with Gasteiger partial charge in [0.25, 0.3) is 0 Å². The van der Waals surface area contributed by atoms with Crippen molar-refractivity contribution >= 4 is 36.0 Å². The van der Waals surface area contributed by atoms with Gasteiger partial charge >= 0.3 is 36.0 Å². The molecule has 2 atom stereocenters. The second-order valence-corrected chi connectivity index (χ2v) is 5.01. The Kier molecular flexibility index (Phi) is 13.9. The van der Waals surface area contributed by atoms with Crippen molar-refractivity contribution in [1.82, 2.24) is 16.0 Å². The highest BCUT2D eigenvalue weighted by Crippen LogP contribution is 1.98. The first-order chi connectivity index (χ1) is 12.9. The van der Waals surface area contributed by atoms with Crippen LogP contribution in [0.15, 0.2) is 0 Å². The SMILES string of the molecule is CNC(=O)N[C@@H](CCC(=O)O)C(=O)O.COC(=O)N[C@@H](CCC(=O)O)C(=O)O. The van der Waals surface area contributed by atoms with Crippen molar-refractivity contribution in [3.63, 3.8) is 0 Å². The van der Waals surface area contributed by atoms with E-state index in [0.29, 0.717) is 0 Å². The van der Waals surface area contributed by atoms with Crippen LogP contribution in [0.4, 0.5) is 9.59 Å². The second kappa shape index (κ2) is 14.6. The van der Waals surface area contributed by atoms with Crippen molar-refractivity contribution in [3.8, 4) is 0 Å². The number of hydrogen-bond donors (Lipinski definition) is 7. The minimum absolute atomic E-state index is 0.141. The summed E-state index contributed by atoms with van der Waals surface area (Å²) in [5.74, 6) is -4.77. The average molecular weight is 409 g/mol. The van der Waals surface area contributed by atoms with Gasteiger partial charge in [-0.1, -0.05) is 0 Å². The predicted molar refractivity (Wildman–Crippen MR) is 89.7 cm³/mol. The second-order valence-electron chi connectivity index (χ2n) is 5.01. The van der Waals surface area contributed by atoms with Crippen LogP contribution in [0, 0.1) is 0 Å². The molecule has 0 aromatic heterocycles. The number of urea groups is 1. The Bertz CT molecular complexity index is 529. The topological polar surface area (TPSA) is 229 Å². The number of hydrogen-bond acceptors (Lipinski definition) is 7. The van der Waals surface area contributed by atoms with Gasteiger partial charge in [-0.05, 0) is 12.8 Å². The lowest BCUT2D eigenvalue weighted by Crippen LogP contribution is -2.45. The van der Waals surface area contributed by atoms with Gasteiger partial charge in [-0.2, -0.15) is 0 Å².